The van der Waals surface area contributed by atoms with Crippen LogP contribution in [0.2, 0.25) is 0 Å². The van der Waals surface area contributed by atoms with Crippen molar-refractivity contribution < 1.29 is 14.1 Å². The Bertz CT molecular complexity index is 783. The smallest absolute Gasteiger partial charge is 0.410 e. The minimum absolute atomic E-state index is 0.00197. The van der Waals surface area contributed by atoms with Crippen molar-refractivity contribution in [2.45, 2.75) is 46.3 Å². The number of anilines is 1. The first-order valence-corrected chi connectivity index (χ1v) is 8.75. The Morgan fingerprint density at radius 3 is 2.73 bits per heavy atom. The highest BCUT2D eigenvalue weighted by atomic mass is 16.6. The summed E-state index contributed by atoms with van der Waals surface area (Å²) in [5.41, 5.74) is 0.295. The predicted octanol–water partition coefficient (Wildman–Crippen LogP) is 2.89. The van der Waals surface area contributed by atoms with Crippen LogP contribution in [0.5, 0.6) is 0 Å². The molecule has 1 aliphatic heterocycles. The van der Waals surface area contributed by atoms with E-state index in [0.717, 1.165) is 11.4 Å². The maximum atomic E-state index is 12.4. The van der Waals surface area contributed by atoms with Crippen LogP contribution in [0, 0.1) is 6.92 Å². The van der Waals surface area contributed by atoms with E-state index in [1.807, 2.05) is 39.8 Å². The molecule has 2 aromatic rings. The minimum atomic E-state index is -0.502. The Morgan fingerprint density at radius 1 is 1.35 bits per heavy atom. The second kappa shape index (κ2) is 6.93. The van der Waals surface area contributed by atoms with Gasteiger partial charge < -0.3 is 19.1 Å². The number of piperazine rings is 1. The third-order valence-electron chi connectivity index (χ3n) is 4.10. The molecule has 26 heavy (non-hydrogen) atoms. The highest BCUT2D eigenvalue weighted by molar-refractivity contribution is 5.72. The third kappa shape index (κ3) is 3.95. The van der Waals surface area contributed by atoms with Crippen LogP contribution < -0.4 is 4.90 Å². The molecule has 0 aliphatic carbocycles. The molecule has 8 nitrogen and oxygen atoms in total. The van der Waals surface area contributed by atoms with E-state index in [1.54, 1.807) is 18.0 Å². The van der Waals surface area contributed by atoms with Crippen LogP contribution in [0.25, 0.3) is 11.5 Å². The second-order valence-corrected chi connectivity index (χ2v) is 7.49. The number of aryl methyl sites for hydroxylation is 1. The molecule has 1 saturated heterocycles. The molecule has 1 atom stereocenters. The van der Waals surface area contributed by atoms with Crippen molar-refractivity contribution in [2.24, 2.45) is 0 Å². The van der Waals surface area contributed by atoms with Crippen LogP contribution in [0.15, 0.2) is 22.9 Å². The molecule has 1 fully saturated rings. The van der Waals surface area contributed by atoms with Crippen molar-refractivity contribution in [1.29, 1.82) is 0 Å². The van der Waals surface area contributed by atoms with Crippen molar-refractivity contribution >= 4 is 11.9 Å². The number of hydrogen-bond donors (Lipinski definition) is 0. The maximum absolute atomic E-state index is 12.4. The number of amides is 1. The van der Waals surface area contributed by atoms with Crippen LogP contribution in [-0.4, -0.2) is 57.4 Å². The van der Waals surface area contributed by atoms with E-state index in [2.05, 4.69) is 20.0 Å². The summed E-state index contributed by atoms with van der Waals surface area (Å²) < 4.78 is 10.8. The maximum Gasteiger partial charge on any atom is 0.410 e. The predicted molar refractivity (Wildman–Crippen MR) is 96.9 cm³/mol. The fraction of sp³-hybridized carbons (Fsp3) is 0.556. The Labute approximate surface area is 153 Å². The van der Waals surface area contributed by atoms with Gasteiger partial charge in [-0.15, -0.1) is 0 Å². The molecule has 1 aliphatic rings. The SMILES string of the molecule is Cc1noc(-c2cccnc2N2CCN(C(=O)OC(C)(C)C)[C@H](C)C2)n1. The molecule has 0 saturated carbocycles. The number of rotatable bonds is 2. The molecule has 140 valence electrons. The molecule has 2 aromatic heterocycles. The van der Waals surface area contributed by atoms with Gasteiger partial charge >= 0.3 is 6.09 Å². The molecule has 0 aromatic carbocycles. The van der Waals surface area contributed by atoms with Gasteiger partial charge in [0.1, 0.15) is 11.4 Å². The molecular formula is C18H25N5O3. The van der Waals surface area contributed by atoms with E-state index in [9.17, 15) is 4.79 Å². The molecular weight excluding hydrogens is 334 g/mol. The summed E-state index contributed by atoms with van der Waals surface area (Å²) >= 11 is 0. The molecule has 0 spiro atoms. The van der Waals surface area contributed by atoms with Gasteiger partial charge in [-0.25, -0.2) is 9.78 Å². The fourth-order valence-corrected chi connectivity index (χ4v) is 2.96. The minimum Gasteiger partial charge on any atom is -0.444 e. The first-order valence-electron chi connectivity index (χ1n) is 8.75. The van der Waals surface area contributed by atoms with Gasteiger partial charge in [0, 0.05) is 31.9 Å². The zero-order chi connectivity index (χ0) is 18.9. The largest absolute Gasteiger partial charge is 0.444 e. The first kappa shape index (κ1) is 18.2. The molecule has 1 amide bonds. The van der Waals surface area contributed by atoms with Crippen molar-refractivity contribution in [3.8, 4) is 11.5 Å². The third-order valence-corrected chi connectivity index (χ3v) is 4.10. The van der Waals surface area contributed by atoms with Gasteiger partial charge in [0.25, 0.3) is 5.89 Å². The summed E-state index contributed by atoms with van der Waals surface area (Å²) in [5, 5.41) is 3.86. The van der Waals surface area contributed by atoms with Gasteiger partial charge in [0.05, 0.1) is 5.56 Å². The average Bonchev–Trinajstić information content (AvgIpc) is 2.99. The number of pyridine rings is 1. The average molecular weight is 359 g/mol. The Morgan fingerprint density at radius 2 is 2.12 bits per heavy atom. The van der Waals surface area contributed by atoms with E-state index in [4.69, 9.17) is 9.26 Å². The molecule has 8 heteroatoms. The molecule has 3 rings (SSSR count). The van der Waals surface area contributed by atoms with Gasteiger partial charge in [0.2, 0.25) is 0 Å². The van der Waals surface area contributed by atoms with Crippen LogP contribution >= 0.6 is 0 Å². The summed E-state index contributed by atoms with van der Waals surface area (Å²) in [6.45, 7) is 11.3. The quantitative estimate of drug-likeness (QED) is 0.815. The highest BCUT2D eigenvalue weighted by Crippen LogP contribution is 2.29. The number of carbonyl (C=O) groups excluding carboxylic acids is 1. The van der Waals surface area contributed by atoms with Crippen molar-refractivity contribution in [3.63, 3.8) is 0 Å². The van der Waals surface area contributed by atoms with Gasteiger partial charge in [0.15, 0.2) is 5.82 Å². The first-order chi connectivity index (χ1) is 12.2. The number of carbonyl (C=O) groups is 1. The summed E-state index contributed by atoms with van der Waals surface area (Å²) in [5.74, 6) is 1.82. The zero-order valence-corrected chi connectivity index (χ0v) is 15.9. The summed E-state index contributed by atoms with van der Waals surface area (Å²) in [7, 11) is 0. The van der Waals surface area contributed by atoms with E-state index < -0.39 is 5.60 Å². The van der Waals surface area contributed by atoms with Crippen molar-refractivity contribution in [2.75, 3.05) is 24.5 Å². The lowest BCUT2D eigenvalue weighted by molar-refractivity contribution is 0.0158. The Kier molecular flexibility index (Phi) is 4.84. The van der Waals surface area contributed by atoms with E-state index in [-0.39, 0.29) is 12.1 Å². The fourth-order valence-electron chi connectivity index (χ4n) is 2.96. The number of aromatic nitrogens is 3. The summed E-state index contributed by atoms with van der Waals surface area (Å²) in [6.07, 6.45) is 1.46. The Hall–Kier alpha value is -2.64. The number of hydrogen-bond acceptors (Lipinski definition) is 7. The Balaban J connectivity index is 1.77. The summed E-state index contributed by atoms with van der Waals surface area (Å²) in [4.78, 5) is 25.1. The number of nitrogens with zero attached hydrogens (tertiary/aromatic N) is 5. The lowest BCUT2D eigenvalue weighted by Gasteiger charge is -2.41. The molecule has 0 bridgehead atoms. The van der Waals surface area contributed by atoms with E-state index >= 15 is 0 Å². The van der Waals surface area contributed by atoms with Gasteiger partial charge in [-0.1, -0.05) is 5.16 Å². The highest BCUT2D eigenvalue weighted by Gasteiger charge is 2.32. The monoisotopic (exact) mass is 359 g/mol. The second-order valence-electron chi connectivity index (χ2n) is 7.49. The standard InChI is InChI=1S/C18H25N5O3/c1-12-11-22(9-10-23(12)17(24)25-18(3,4)5)15-14(7-6-8-19-15)16-20-13(2)21-26-16/h6-8,12H,9-11H2,1-5H3/t12-/m1/s1. The normalized spacial score (nSPS) is 18.1. The summed E-state index contributed by atoms with van der Waals surface area (Å²) in [6, 6.07) is 3.76. The molecule has 0 unspecified atom stereocenters. The molecule has 0 N–H and O–H groups in total. The lowest BCUT2D eigenvalue weighted by atomic mass is 10.1. The van der Waals surface area contributed by atoms with Crippen LogP contribution in [0.4, 0.5) is 10.6 Å². The van der Waals surface area contributed by atoms with E-state index in [0.29, 0.717) is 31.3 Å². The van der Waals surface area contributed by atoms with Crippen LogP contribution in [0.1, 0.15) is 33.5 Å². The van der Waals surface area contributed by atoms with Crippen LogP contribution in [0.3, 0.4) is 0 Å². The number of ether oxygens (including phenoxy) is 1. The molecule has 3 heterocycles. The topological polar surface area (TPSA) is 84.6 Å². The van der Waals surface area contributed by atoms with Gasteiger partial charge in [-0.05, 0) is 46.8 Å². The molecule has 0 radical (unpaired) electrons. The van der Waals surface area contributed by atoms with Gasteiger partial charge in [-0.2, -0.15) is 4.98 Å². The van der Waals surface area contributed by atoms with E-state index in [1.165, 1.54) is 0 Å². The van der Waals surface area contributed by atoms with Crippen molar-refractivity contribution in [3.05, 3.63) is 24.2 Å². The van der Waals surface area contributed by atoms with Crippen molar-refractivity contribution in [1.82, 2.24) is 20.0 Å². The zero-order valence-electron chi connectivity index (χ0n) is 15.9. The lowest BCUT2D eigenvalue weighted by Crippen LogP contribution is -2.55. The van der Waals surface area contributed by atoms with Crippen LogP contribution in [-0.2, 0) is 4.74 Å². The van der Waals surface area contributed by atoms with Gasteiger partial charge in [-0.3, -0.25) is 0 Å².